The summed E-state index contributed by atoms with van der Waals surface area (Å²) in [7, 11) is 0. The Bertz CT molecular complexity index is 158. The number of aliphatic hydroxyl groups excluding tert-OH is 1. The fraction of sp³-hybridized carbons (Fsp3) is 1.00. The van der Waals surface area contributed by atoms with Gasteiger partial charge in [0.05, 0.1) is 17.3 Å². The van der Waals surface area contributed by atoms with Crippen molar-refractivity contribution in [2.75, 3.05) is 0 Å². The third-order valence-corrected chi connectivity index (χ3v) is 2.34. The van der Waals surface area contributed by atoms with Crippen molar-refractivity contribution in [3.63, 3.8) is 0 Å². The second-order valence-corrected chi connectivity index (χ2v) is 5.00. The van der Waals surface area contributed by atoms with Crippen LogP contribution in [0.1, 0.15) is 53.4 Å². The molecule has 0 aliphatic heterocycles. The lowest BCUT2D eigenvalue weighted by Crippen LogP contribution is -2.44. The summed E-state index contributed by atoms with van der Waals surface area (Å²) in [5.41, 5.74) is -2.15. The lowest BCUT2D eigenvalue weighted by molar-refractivity contribution is -0.108. The molecule has 3 heteroatoms. The quantitative estimate of drug-likeness (QED) is 0.613. The Hall–Kier alpha value is -0.120. The van der Waals surface area contributed by atoms with Crippen LogP contribution in [0.5, 0.6) is 0 Å². The SMILES string of the molecule is CCCCC(O)C(C)(O)CC(C)(C)O. The zero-order valence-electron chi connectivity index (χ0n) is 9.75. The van der Waals surface area contributed by atoms with Crippen molar-refractivity contribution in [1.29, 1.82) is 0 Å². The van der Waals surface area contributed by atoms with Gasteiger partial charge in [0.25, 0.3) is 0 Å². The lowest BCUT2D eigenvalue weighted by atomic mass is 9.85. The molecule has 2 atom stereocenters. The van der Waals surface area contributed by atoms with E-state index in [4.69, 9.17) is 0 Å². The van der Waals surface area contributed by atoms with Gasteiger partial charge in [-0.25, -0.2) is 0 Å². The maximum Gasteiger partial charge on any atom is 0.0904 e. The molecule has 0 spiro atoms. The largest absolute Gasteiger partial charge is 0.390 e. The van der Waals surface area contributed by atoms with Gasteiger partial charge in [-0.1, -0.05) is 19.8 Å². The maximum atomic E-state index is 9.94. The molecule has 0 saturated heterocycles. The van der Waals surface area contributed by atoms with E-state index in [1.807, 2.05) is 6.92 Å². The van der Waals surface area contributed by atoms with E-state index in [-0.39, 0.29) is 6.42 Å². The molecule has 0 saturated carbocycles. The Morgan fingerprint density at radius 3 is 2.00 bits per heavy atom. The highest BCUT2D eigenvalue weighted by Crippen LogP contribution is 2.25. The molecule has 86 valence electrons. The van der Waals surface area contributed by atoms with Crippen LogP contribution in [0.2, 0.25) is 0 Å². The summed E-state index contributed by atoms with van der Waals surface area (Å²) in [5, 5.41) is 29.2. The Kier molecular flexibility index (Phi) is 5.06. The topological polar surface area (TPSA) is 60.7 Å². The molecule has 0 aliphatic rings. The molecular weight excluding hydrogens is 180 g/mol. The van der Waals surface area contributed by atoms with Crippen molar-refractivity contribution in [2.24, 2.45) is 0 Å². The number of hydrogen-bond acceptors (Lipinski definition) is 3. The van der Waals surface area contributed by atoms with Gasteiger partial charge in [-0.05, 0) is 27.2 Å². The van der Waals surface area contributed by atoms with Crippen molar-refractivity contribution in [3.8, 4) is 0 Å². The highest BCUT2D eigenvalue weighted by Gasteiger charge is 2.35. The molecule has 3 N–H and O–H groups in total. The highest BCUT2D eigenvalue weighted by atomic mass is 16.3. The first-order valence-electron chi connectivity index (χ1n) is 5.32. The Morgan fingerprint density at radius 2 is 1.64 bits per heavy atom. The number of rotatable bonds is 6. The minimum atomic E-state index is -1.20. The van der Waals surface area contributed by atoms with Crippen molar-refractivity contribution < 1.29 is 15.3 Å². The maximum absolute atomic E-state index is 9.94. The minimum Gasteiger partial charge on any atom is -0.390 e. The zero-order valence-corrected chi connectivity index (χ0v) is 9.75. The van der Waals surface area contributed by atoms with Gasteiger partial charge in [0.1, 0.15) is 0 Å². The van der Waals surface area contributed by atoms with Crippen LogP contribution < -0.4 is 0 Å². The monoisotopic (exact) mass is 204 g/mol. The van der Waals surface area contributed by atoms with Crippen LogP contribution >= 0.6 is 0 Å². The summed E-state index contributed by atoms with van der Waals surface area (Å²) < 4.78 is 0. The van der Waals surface area contributed by atoms with Crippen LogP contribution in [-0.4, -0.2) is 32.6 Å². The van der Waals surface area contributed by atoms with E-state index < -0.39 is 17.3 Å². The van der Waals surface area contributed by atoms with Crippen LogP contribution in [0.25, 0.3) is 0 Å². The first-order valence-corrected chi connectivity index (χ1v) is 5.32. The van der Waals surface area contributed by atoms with Gasteiger partial charge in [0.2, 0.25) is 0 Å². The second-order valence-electron chi connectivity index (χ2n) is 5.00. The highest BCUT2D eigenvalue weighted by molar-refractivity contribution is 4.87. The fourth-order valence-electron chi connectivity index (χ4n) is 1.70. The van der Waals surface area contributed by atoms with Crippen LogP contribution in [0.15, 0.2) is 0 Å². The number of unbranched alkanes of at least 4 members (excludes halogenated alkanes) is 1. The summed E-state index contributed by atoms with van der Waals surface area (Å²) in [5.74, 6) is 0. The average Bonchev–Trinajstić information content (AvgIpc) is 1.95. The Balaban J connectivity index is 4.15. The Morgan fingerprint density at radius 1 is 1.14 bits per heavy atom. The molecule has 0 aromatic heterocycles. The van der Waals surface area contributed by atoms with E-state index in [2.05, 4.69) is 0 Å². The smallest absolute Gasteiger partial charge is 0.0904 e. The molecule has 0 aliphatic carbocycles. The van der Waals surface area contributed by atoms with Crippen LogP contribution in [-0.2, 0) is 0 Å². The van der Waals surface area contributed by atoms with Crippen molar-refractivity contribution >= 4 is 0 Å². The predicted octanol–water partition coefficient (Wildman–Crippen LogP) is 1.45. The van der Waals surface area contributed by atoms with E-state index in [9.17, 15) is 15.3 Å². The average molecular weight is 204 g/mol. The van der Waals surface area contributed by atoms with Crippen molar-refractivity contribution in [2.45, 2.75) is 70.7 Å². The van der Waals surface area contributed by atoms with Crippen molar-refractivity contribution in [1.82, 2.24) is 0 Å². The lowest BCUT2D eigenvalue weighted by Gasteiger charge is -2.34. The molecule has 2 unspecified atom stereocenters. The second kappa shape index (κ2) is 5.10. The fourth-order valence-corrected chi connectivity index (χ4v) is 1.70. The van der Waals surface area contributed by atoms with Crippen molar-refractivity contribution in [3.05, 3.63) is 0 Å². The first-order chi connectivity index (χ1) is 6.19. The van der Waals surface area contributed by atoms with Crippen LogP contribution in [0.4, 0.5) is 0 Å². The predicted molar refractivity (Wildman–Crippen MR) is 57.1 cm³/mol. The van der Waals surface area contributed by atoms with Gasteiger partial charge in [-0.3, -0.25) is 0 Å². The standard InChI is InChI=1S/C11H24O3/c1-5-6-7-9(12)11(4,14)8-10(2,3)13/h9,12-14H,5-8H2,1-4H3. The van der Waals surface area contributed by atoms with Gasteiger partial charge in [0.15, 0.2) is 0 Å². The van der Waals surface area contributed by atoms with E-state index in [1.54, 1.807) is 20.8 Å². The molecule has 14 heavy (non-hydrogen) atoms. The summed E-state index contributed by atoms with van der Waals surface area (Å²) in [6.07, 6.45) is 1.90. The number of hydrogen-bond donors (Lipinski definition) is 3. The zero-order chi connectivity index (χ0) is 11.4. The molecule has 0 aromatic rings. The van der Waals surface area contributed by atoms with E-state index in [0.717, 1.165) is 12.8 Å². The third-order valence-electron chi connectivity index (χ3n) is 2.34. The minimum absolute atomic E-state index is 0.185. The van der Waals surface area contributed by atoms with Gasteiger partial charge >= 0.3 is 0 Å². The number of aliphatic hydroxyl groups is 3. The molecule has 0 fully saturated rings. The third kappa shape index (κ3) is 5.58. The summed E-state index contributed by atoms with van der Waals surface area (Å²) >= 11 is 0. The first kappa shape index (κ1) is 13.9. The van der Waals surface area contributed by atoms with E-state index in [1.165, 1.54) is 0 Å². The van der Waals surface area contributed by atoms with E-state index in [0.29, 0.717) is 6.42 Å². The summed E-state index contributed by atoms with van der Waals surface area (Å²) in [6.45, 7) is 6.88. The molecule has 0 rings (SSSR count). The Labute approximate surface area is 86.8 Å². The molecule has 0 radical (unpaired) electrons. The van der Waals surface area contributed by atoms with Crippen LogP contribution in [0.3, 0.4) is 0 Å². The van der Waals surface area contributed by atoms with Crippen LogP contribution in [0, 0.1) is 0 Å². The molecular formula is C11H24O3. The molecule has 3 nitrogen and oxygen atoms in total. The summed E-state index contributed by atoms with van der Waals surface area (Å²) in [6, 6.07) is 0. The molecule has 0 aromatic carbocycles. The normalized spacial score (nSPS) is 19.1. The van der Waals surface area contributed by atoms with Gasteiger partial charge < -0.3 is 15.3 Å². The van der Waals surface area contributed by atoms with Gasteiger partial charge in [-0.15, -0.1) is 0 Å². The van der Waals surface area contributed by atoms with Gasteiger partial charge in [-0.2, -0.15) is 0 Å². The van der Waals surface area contributed by atoms with Gasteiger partial charge in [0, 0.05) is 6.42 Å². The molecule has 0 amide bonds. The van der Waals surface area contributed by atoms with E-state index >= 15 is 0 Å². The molecule has 0 bridgehead atoms. The summed E-state index contributed by atoms with van der Waals surface area (Å²) in [4.78, 5) is 0. The molecule has 0 heterocycles.